The molecule has 124 valence electrons. The molecule has 0 aliphatic heterocycles. The topological polar surface area (TPSA) is 92.7 Å². The monoisotopic (exact) mass is 329 g/mol. The highest BCUT2D eigenvalue weighted by atomic mass is 32.2. The van der Waals surface area contributed by atoms with Gasteiger partial charge in [-0.1, -0.05) is 24.6 Å². The number of carbonyl (C=O) groups is 1. The number of ether oxygens (including phenoxy) is 1. The van der Waals surface area contributed by atoms with Crippen LogP contribution in [0.2, 0.25) is 0 Å². The molecule has 0 fully saturated rings. The van der Waals surface area contributed by atoms with E-state index in [1.54, 1.807) is 12.1 Å². The molecule has 22 heavy (non-hydrogen) atoms. The maximum absolute atomic E-state index is 12.2. The van der Waals surface area contributed by atoms with Gasteiger partial charge in [0.1, 0.15) is 0 Å². The van der Waals surface area contributed by atoms with Crippen molar-refractivity contribution in [1.29, 1.82) is 0 Å². The summed E-state index contributed by atoms with van der Waals surface area (Å²) in [6, 6.07) is 5.68. The summed E-state index contributed by atoms with van der Waals surface area (Å²) in [6.45, 7) is 3.71. The average Bonchev–Trinajstić information content (AvgIpc) is 2.49. The molecule has 0 unspecified atom stereocenters. The van der Waals surface area contributed by atoms with E-state index in [1.807, 2.05) is 13.8 Å². The molecule has 0 aromatic heterocycles. The maximum Gasteiger partial charge on any atom is 0.305 e. The molecule has 0 saturated heterocycles. The lowest BCUT2D eigenvalue weighted by molar-refractivity contribution is -0.143. The molecule has 1 rings (SSSR count). The normalized spacial score (nSPS) is 12.9. The third kappa shape index (κ3) is 6.13. The molecule has 7 heteroatoms. The largest absolute Gasteiger partial charge is 0.466 e. The Balaban J connectivity index is 2.61. The van der Waals surface area contributed by atoms with Crippen molar-refractivity contribution in [3.05, 3.63) is 29.8 Å². The van der Waals surface area contributed by atoms with Crippen LogP contribution in [0.4, 0.5) is 0 Å². The Labute approximate surface area is 131 Å². The predicted octanol–water partition coefficient (Wildman–Crippen LogP) is 1.37. The lowest BCUT2D eigenvalue weighted by Crippen LogP contribution is -2.37. The van der Waals surface area contributed by atoms with Crippen LogP contribution in [0.3, 0.4) is 0 Å². The molecule has 1 atom stereocenters. The molecular formula is C15H23NO5S. The van der Waals surface area contributed by atoms with Crippen LogP contribution < -0.4 is 4.72 Å². The third-order valence-corrected chi connectivity index (χ3v) is 4.57. The first-order valence-electron chi connectivity index (χ1n) is 7.24. The Morgan fingerprint density at radius 3 is 2.50 bits per heavy atom. The average molecular weight is 329 g/mol. The summed E-state index contributed by atoms with van der Waals surface area (Å²) in [5, 5.41) is 9.29. The van der Waals surface area contributed by atoms with Gasteiger partial charge in [-0.05, 0) is 31.9 Å². The maximum atomic E-state index is 12.2. The van der Waals surface area contributed by atoms with E-state index in [-0.39, 0.29) is 24.3 Å². The van der Waals surface area contributed by atoms with Crippen molar-refractivity contribution >= 4 is 16.0 Å². The SMILES string of the molecule is CCCOC(=O)CC[C@@H](CO)NS(=O)(=O)c1ccc(C)cc1. The Morgan fingerprint density at radius 2 is 1.95 bits per heavy atom. The predicted molar refractivity (Wildman–Crippen MR) is 82.9 cm³/mol. The smallest absolute Gasteiger partial charge is 0.305 e. The lowest BCUT2D eigenvalue weighted by Gasteiger charge is -2.16. The molecule has 0 aliphatic rings. The van der Waals surface area contributed by atoms with Crippen molar-refractivity contribution in [3.63, 3.8) is 0 Å². The van der Waals surface area contributed by atoms with Gasteiger partial charge in [-0.2, -0.15) is 0 Å². The molecule has 0 aliphatic carbocycles. The van der Waals surface area contributed by atoms with Crippen molar-refractivity contribution in [2.24, 2.45) is 0 Å². The first-order valence-corrected chi connectivity index (χ1v) is 8.73. The van der Waals surface area contributed by atoms with E-state index in [1.165, 1.54) is 12.1 Å². The highest BCUT2D eigenvalue weighted by Gasteiger charge is 2.20. The Hall–Kier alpha value is -1.44. The van der Waals surface area contributed by atoms with Gasteiger partial charge in [0.2, 0.25) is 10.0 Å². The number of nitrogens with one attached hydrogen (secondary N) is 1. The standard InChI is InChI=1S/C15H23NO5S/c1-3-10-21-15(18)9-6-13(11-17)16-22(19,20)14-7-4-12(2)5-8-14/h4-5,7-8,13,16-17H,3,6,9-11H2,1-2H3/t13-/m0/s1. The molecule has 0 amide bonds. The molecule has 2 N–H and O–H groups in total. The van der Waals surface area contributed by atoms with Gasteiger partial charge in [-0.25, -0.2) is 13.1 Å². The molecule has 0 saturated carbocycles. The molecule has 0 bridgehead atoms. The van der Waals surface area contributed by atoms with E-state index in [2.05, 4.69) is 4.72 Å². The highest BCUT2D eigenvalue weighted by molar-refractivity contribution is 7.89. The highest BCUT2D eigenvalue weighted by Crippen LogP contribution is 2.12. The minimum absolute atomic E-state index is 0.0572. The van der Waals surface area contributed by atoms with Gasteiger partial charge in [-0.15, -0.1) is 0 Å². The minimum atomic E-state index is -3.72. The van der Waals surface area contributed by atoms with Crippen molar-refractivity contribution in [1.82, 2.24) is 4.72 Å². The van der Waals surface area contributed by atoms with Crippen LogP contribution >= 0.6 is 0 Å². The molecule has 1 aromatic carbocycles. The molecular weight excluding hydrogens is 306 g/mol. The quantitative estimate of drug-likeness (QED) is 0.668. The first kappa shape index (κ1) is 18.6. The van der Waals surface area contributed by atoms with E-state index < -0.39 is 22.0 Å². The second-order valence-corrected chi connectivity index (χ2v) is 6.79. The molecule has 6 nitrogen and oxygen atoms in total. The van der Waals surface area contributed by atoms with Crippen LogP contribution in [0.5, 0.6) is 0 Å². The fourth-order valence-electron chi connectivity index (χ4n) is 1.77. The van der Waals surface area contributed by atoms with Gasteiger partial charge in [0, 0.05) is 12.5 Å². The van der Waals surface area contributed by atoms with Gasteiger partial charge in [-0.3, -0.25) is 4.79 Å². The fourth-order valence-corrected chi connectivity index (χ4v) is 3.03. The van der Waals surface area contributed by atoms with E-state index in [4.69, 9.17) is 4.74 Å². The van der Waals surface area contributed by atoms with E-state index in [0.717, 1.165) is 12.0 Å². The molecule has 1 aromatic rings. The van der Waals surface area contributed by atoms with E-state index in [9.17, 15) is 18.3 Å². The number of hydrogen-bond acceptors (Lipinski definition) is 5. The summed E-state index contributed by atoms with van der Waals surface area (Å²) in [4.78, 5) is 11.5. The van der Waals surface area contributed by atoms with Crippen LogP contribution in [-0.2, 0) is 19.6 Å². The summed E-state index contributed by atoms with van der Waals surface area (Å²) < 4.78 is 31.7. The third-order valence-electron chi connectivity index (χ3n) is 3.04. The van der Waals surface area contributed by atoms with Crippen molar-refractivity contribution in [3.8, 4) is 0 Å². The van der Waals surface area contributed by atoms with Crippen LogP contribution in [0.15, 0.2) is 29.2 Å². The summed E-state index contributed by atoms with van der Waals surface area (Å²) in [5.41, 5.74) is 0.955. The summed E-state index contributed by atoms with van der Waals surface area (Å²) in [6.07, 6.45) is 0.973. The van der Waals surface area contributed by atoms with Gasteiger partial charge in [0.05, 0.1) is 18.1 Å². The summed E-state index contributed by atoms with van der Waals surface area (Å²) in [7, 11) is -3.72. The molecule has 0 radical (unpaired) electrons. The van der Waals surface area contributed by atoms with Crippen molar-refractivity contribution in [2.75, 3.05) is 13.2 Å². The zero-order valence-electron chi connectivity index (χ0n) is 12.9. The van der Waals surface area contributed by atoms with Gasteiger partial charge in [0.25, 0.3) is 0 Å². The number of aryl methyl sites for hydroxylation is 1. The Morgan fingerprint density at radius 1 is 1.32 bits per heavy atom. The van der Waals surface area contributed by atoms with Crippen LogP contribution in [0.25, 0.3) is 0 Å². The minimum Gasteiger partial charge on any atom is -0.466 e. The zero-order valence-corrected chi connectivity index (χ0v) is 13.7. The summed E-state index contributed by atoms with van der Waals surface area (Å²) in [5.74, 6) is -0.394. The molecule has 0 heterocycles. The number of carbonyl (C=O) groups excluding carboxylic acids is 1. The summed E-state index contributed by atoms with van der Waals surface area (Å²) >= 11 is 0. The van der Waals surface area contributed by atoms with E-state index >= 15 is 0 Å². The number of hydrogen-bond donors (Lipinski definition) is 2. The van der Waals surface area contributed by atoms with Crippen molar-refractivity contribution in [2.45, 2.75) is 44.0 Å². The number of aliphatic hydroxyl groups excluding tert-OH is 1. The van der Waals surface area contributed by atoms with Crippen molar-refractivity contribution < 1.29 is 23.1 Å². The number of benzene rings is 1. The van der Waals surface area contributed by atoms with Gasteiger partial charge < -0.3 is 9.84 Å². The van der Waals surface area contributed by atoms with E-state index in [0.29, 0.717) is 6.61 Å². The van der Waals surface area contributed by atoms with Crippen LogP contribution in [0, 0.1) is 6.92 Å². The number of aliphatic hydroxyl groups is 1. The second-order valence-electron chi connectivity index (χ2n) is 5.07. The first-order chi connectivity index (χ1) is 10.4. The van der Waals surface area contributed by atoms with Gasteiger partial charge in [0.15, 0.2) is 0 Å². The number of esters is 1. The van der Waals surface area contributed by atoms with Crippen LogP contribution in [-0.4, -0.2) is 38.7 Å². The fraction of sp³-hybridized carbons (Fsp3) is 0.533. The Bertz CT molecular complexity index is 568. The second kappa shape index (κ2) is 8.87. The lowest BCUT2D eigenvalue weighted by atomic mass is 10.2. The Kier molecular flexibility index (Phi) is 7.50. The molecule has 0 spiro atoms. The number of sulfonamides is 1. The van der Waals surface area contributed by atoms with Crippen LogP contribution in [0.1, 0.15) is 31.7 Å². The number of rotatable bonds is 9. The van der Waals surface area contributed by atoms with Gasteiger partial charge >= 0.3 is 5.97 Å². The zero-order chi connectivity index (χ0) is 16.6.